The van der Waals surface area contributed by atoms with Gasteiger partial charge >= 0.3 is 0 Å². The molecule has 120 valence electrons. The third-order valence-corrected chi connectivity index (χ3v) is 4.40. The van der Waals surface area contributed by atoms with E-state index in [-0.39, 0.29) is 0 Å². The number of hydrogen-bond acceptors (Lipinski definition) is 3. The van der Waals surface area contributed by atoms with E-state index in [2.05, 4.69) is 43.1 Å². The van der Waals surface area contributed by atoms with Crippen LogP contribution in [0.3, 0.4) is 0 Å². The SMILES string of the molecule is CCC1CCCCCN1Cc1ccc(CNCC(C)C)o1. The number of hydrogen-bond donors (Lipinski definition) is 1. The second-order valence-corrected chi connectivity index (χ2v) is 6.77. The van der Waals surface area contributed by atoms with E-state index in [1.807, 2.05) is 0 Å². The van der Waals surface area contributed by atoms with E-state index in [4.69, 9.17) is 4.42 Å². The molecule has 0 bridgehead atoms. The maximum Gasteiger partial charge on any atom is 0.118 e. The number of furan rings is 1. The molecule has 0 saturated carbocycles. The summed E-state index contributed by atoms with van der Waals surface area (Å²) in [7, 11) is 0. The molecule has 0 spiro atoms. The van der Waals surface area contributed by atoms with Crippen molar-refractivity contribution in [1.82, 2.24) is 10.2 Å². The van der Waals surface area contributed by atoms with Crippen molar-refractivity contribution < 1.29 is 4.42 Å². The molecule has 0 aliphatic carbocycles. The van der Waals surface area contributed by atoms with Gasteiger partial charge in [-0.05, 0) is 50.4 Å². The van der Waals surface area contributed by atoms with Crippen molar-refractivity contribution in [3.63, 3.8) is 0 Å². The molecule has 1 aliphatic rings. The molecular weight excluding hydrogens is 260 g/mol. The second-order valence-electron chi connectivity index (χ2n) is 6.77. The average molecular weight is 292 g/mol. The first-order valence-corrected chi connectivity index (χ1v) is 8.71. The summed E-state index contributed by atoms with van der Waals surface area (Å²) in [5.74, 6) is 2.87. The summed E-state index contributed by atoms with van der Waals surface area (Å²) < 4.78 is 6.00. The van der Waals surface area contributed by atoms with Gasteiger partial charge in [0.15, 0.2) is 0 Å². The Hall–Kier alpha value is -0.800. The van der Waals surface area contributed by atoms with Crippen LogP contribution < -0.4 is 5.32 Å². The van der Waals surface area contributed by atoms with Gasteiger partial charge in [0.2, 0.25) is 0 Å². The predicted molar refractivity (Wildman–Crippen MR) is 88.2 cm³/mol. The van der Waals surface area contributed by atoms with Gasteiger partial charge in [-0.3, -0.25) is 4.90 Å². The molecule has 1 N–H and O–H groups in total. The third-order valence-electron chi connectivity index (χ3n) is 4.40. The largest absolute Gasteiger partial charge is 0.463 e. The molecule has 3 nitrogen and oxygen atoms in total. The van der Waals surface area contributed by atoms with Crippen molar-refractivity contribution in [2.75, 3.05) is 13.1 Å². The molecule has 3 heteroatoms. The van der Waals surface area contributed by atoms with Gasteiger partial charge in [-0.25, -0.2) is 0 Å². The number of nitrogens with one attached hydrogen (secondary N) is 1. The predicted octanol–water partition coefficient (Wildman–Crippen LogP) is 4.18. The number of likely N-dealkylation sites (tertiary alicyclic amines) is 1. The van der Waals surface area contributed by atoms with Gasteiger partial charge in [-0.1, -0.05) is 33.6 Å². The topological polar surface area (TPSA) is 28.4 Å². The maximum atomic E-state index is 6.00. The summed E-state index contributed by atoms with van der Waals surface area (Å²) in [5.41, 5.74) is 0. The minimum Gasteiger partial charge on any atom is -0.463 e. The highest BCUT2D eigenvalue weighted by Crippen LogP contribution is 2.22. The van der Waals surface area contributed by atoms with Crippen LogP contribution in [0.5, 0.6) is 0 Å². The van der Waals surface area contributed by atoms with Crippen LogP contribution in [0, 0.1) is 5.92 Å². The smallest absolute Gasteiger partial charge is 0.118 e. The summed E-state index contributed by atoms with van der Waals surface area (Å²) in [6, 6.07) is 5.02. The van der Waals surface area contributed by atoms with E-state index in [1.165, 1.54) is 38.6 Å². The van der Waals surface area contributed by atoms with E-state index >= 15 is 0 Å². The molecule has 1 saturated heterocycles. The van der Waals surface area contributed by atoms with Crippen molar-refractivity contribution in [3.05, 3.63) is 23.7 Å². The van der Waals surface area contributed by atoms with E-state index in [0.717, 1.165) is 37.2 Å². The van der Waals surface area contributed by atoms with Gasteiger partial charge in [-0.2, -0.15) is 0 Å². The lowest BCUT2D eigenvalue weighted by Crippen LogP contribution is -2.33. The van der Waals surface area contributed by atoms with Crippen LogP contribution in [0.1, 0.15) is 64.4 Å². The summed E-state index contributed by atoms with van der Waals surface area (Å²) in [6.07, 6.45) is 6.70. The molecule has 1 aromatic heterocycles. The average Bonchev–Trinajstić information content (AvgIpc) is 2.77. The Labute approximate surface area is 130 Å². The van der Waals surface area contributed by atoms with E-state index < -0.39 is 0 Å². The molecule has 1 atom stereocenters. The first-order valence-electron chi connectivity index (χ1n) is 8.71. The van der Waals surface area contributed by atoms with E-state index in [0.29, 0.717) is 5.92 Å². The zero-order valence-electron chi connectivity index (χ0n) is 14.0. The minimum atomic E-state index is 0.682. The summed E-state index contributed by atoms with van der Waals surface area (Å²) >= 11 is 0. The molecule has 0 aromatic carbocycles. The van der Waals surface area contributed by atoms with Crippen LogP contribution in [0.15, 0.2) is 16.5 Å². The quantitative estimate of drug-likeness (QED) is 0.817. The van der Waals surface area contributed by atoms with Crippen LogP contribution in [-0.2, 0) is 13.1 Å². The third kappa shape index (κ3) is 5.48. The Kier molecular flexibility index (Phi) is 6.78. The van der Waals surface area contributed by atoms with Crippen LogP contribution in [0.2, 0.25) is 0 Å². The summed E-state index contributed by atoms with van der Waals surface area (Å²) in [4.78, 5) is 2.62. The Bertz CT molecular complexity index is 400. The van der Waals surface area contributed by atoms with Gasteiger partial charge in [-0.15, -0.1) is 0 Å². The molecular formula is C18H32N2O. The van der Waals surface area contributed by atoms with Crippen molar-refractivity contribution in [3.8, 4) is 0 Å². The molecule has 0 amide bonds. The Morgan fingerprint density at radius 2 is 2.05 bits per heavy atom. The standard InChI is InChI=1S/C18H32N2O/c1-4-16-8-6-5-7-11-20(16)14-18-10-9-17(21-18)13-19-12-15(2)3/h9-10,15-16,19H,4-8,11-14H2,1-3H3. The van der Waals surface area contributed by atoms with E-state index in [1.54, 1.807) is 0 Å². The van der Waals surface area contributed by atoms with Crippen LogP contribution in [0.4, 0.5) is 0 Å². The number of nitrogens with zero attached hydrogens (tertiary/aromatic N) is 1. The number of rotatable bonds is 7. The second kappa shape index (κ2) is 8.60. The van der Waals surface area contributed by atoms with Crippen molar-refractivity contribution in [1.29, 1.82) is 0 Å². The molecule has 1 aliphatic heterocycles. The molecule has 0 radical (unpaired) electrons. The van der Waals surface area contributed by atoms with Crippen molar-refractivity contribution in [2.24, 2.45) is 5.92 Å². The zero-order valence-corrected chi connectivity index (χ0v) is 14.0. The monoisotopic (exact) mass is 292 g/mol. The minimum absolute atomic E-state index is 0.682. The van der Waals surface area contributed by atoms with E-state index in [9.17, 15) is 0 Å². The Balaban J connectivity index is 1.85. The molecule has 1 fully saturated rings. The highest BCUT2D eigenvalue weighted by Gasteiger charge is 2.20. The highest BCUT2D eigenvalue weighted by atomic mass is 16.3. The zero-order chi connectivity index (χ0) is 15.1. The fourth-order valence-electron chi connectivity index (χ4n) is 3.19. The normalized spacial score (nSPS) is 20.9. The maximum absolute atomic E-state index is 6.00. The van der Waals surface area contributed by atoms with Crippen LogP contribution >= 0.6 is 0 Å². The fraction of sp³-hybridized carbons (Fsp3) is 0.778. The lowest BCUT2D eigenvalue weighted by atomic mass is 10.1. The molecule has 2 heterocycles. The van der Waals surface area contributed by atoms with Crippen molar-refractivity contribution in [2.45, 2.75) is 72.0 Å². The molecule has 1 unspecified atom stereocenters. The Morgan fingerprint density at radius 1 is 1.24 bits per heavy atom. The molecule has 2 rings (SSSR count). The van der Waals surface area contributed by atoms with Crippen molar-refractivity contribution >= 4 is 0 Å². The highest BCUT2D eigenvalue weighted by molar-refractivity contribution is 5.07. The molecule has 21 heavy (non-hydrogen) atoms. The van der Waals surface area contributed by atoms with Gasteiger partial charge < -0.3 is 9.73 Å². The summed E-state index contributed by atoms with van der Waals surface area (Å²) in [6.45, 7) is 10.8. The molecule has 1 aromatic rings. The first-order chi connectivity index (χ1) is 10.2. The first kappa shape index (κ1) is 16.6. The fourth-order valence-corrected chi connectivity index (χ4v) is 3.19. The lowest BCUT2D eigenvalue weighted by molar-refractivity contribution is 0.171. The Morgan fingerprint density at radius 3 is 2.81 bits per heavy atom. The lowest BCUT2D eigenvalue weighted by Gasteiger charge is -2.28. The van der Waals surface area contributed by atoms with Gasteiger partial charge in [0.1, 0.15) is 11.5 Å². The van der Waals surface area contributed by atoms with Gasteiger partial charge in [0.05, 0.1) is 13.1 Å². The van der Waals surface area contributed by atoms with Crippen LogP contribution in [-0.4, -0.2) is 24.0 Å². The summed E-state index contributed by atoms with van der Waals surface area (Å²) in [5, 5.41) is 3.44. The van der Waals surface area contributed by atoms with Crippen LogP contribution in [0.25, 0.3) is 0 Å². The van der Waals surface area contributed by atoms with Gasteiger partial charge in [0.25, 0.3) is 0 Å². The van der Waals surface area contributed by atoms with Gasteiger partial charge in [0, 0.05) is 6.04 Å².